The molecule has 3 N–H and O–H groups in total. The SMILES string of the molecule is CC1C[C@H]1CCCCCC1Nc2ccc(O)cc2N=C1O. The summed E-state index contributed by atoms with van der Waals surface area (Å²) in [6.07, 6.45) is 7.30. The number of fused-ring (bicyclic) bond motifs is 1. The first-order valence-electron chi connectivity index (χ1n) is 8.00. The van der Waals surface area contributed by atoms with Gasteiger partial charge in [-0.05, 0) is 36.8 Å². The molecular formula is C17H24N2O2. The van der Waals surface area contributed by atoms with Crippen molar-refractivity contribution in [1.82, 2.24) is 0 Å². The van der Waals surface area contributed by atoms with Crippen molar-refractivity contribution in [2.24, 2.45) is 16.8 Å². The van der Waals surface area contributed by atoms with Crippen LogP contribution >= 0.6 is 0 Å². The molecule has 3 rings (SSSR count). The molecule has 1 aromatic carbocycles. The van der Waals surface area contributed by atoms with Crippen LogP contribution in [0.5, 0.6) is 5.75 Å². The number of hydrogen-bond acceptors (Lipinski definition) is 3. The molecule has 0 saturated heterocycles. The summed E-state index contributed by atoms with van der Waals surface area (Å²) in [6, 6.07) is 4.91. The van der Waals surface area contributed by atoms with E-state index in [1.165, 1.54) is 25.7 Å². The fourth-order valence-electron chi connectivity index (χ4n) is 3.12. The van der Waals surface area contributed by atoms with Gasteiger partial charge in [-0.25, -0.2) is 4.99 Å². The minimum atomic E-state index is -0.0955. The van der Waals surface area contributed by atoms with Crippen LogP contribution in [0, 0.1) is 11.8 Å². The molecule has 0 spiro atoms. The van der Waals surface area contributed by atoms with Gasteiger partial charge in [-0.2, -0.15) is 0 Å². The first-order chi connectivity index (χ1) is 10.1. The number of aliphatic hydroxyl groups is 1. The van der Waals surface area contributed by atoms with E-state index in [1.54, 1.807) is 12.1 Å². The Morgan fingerprint density at radius 1 is 1.19 bits per heavy atom. The van der Waals surface area contributed by atoms with Crippen molar-refractivity contribution in [3.63, 3.8) is 0 Å². The van der Waals surface area contributed by atoms with Gasteiger partial charge in [0.1, 0.15) is 11.8 Å². The summed E-state index contributed by atoms with van der Waals surface area (Å²) in [7, 11) is 0. The number of phenols is 1. The van der Waals surface area contributed by atoms with Crippen LogP contribution in [0.3, 0.4) is 0 Å². The first kappa shape index (κ1) is 14.2. The Kier molecular flexibility index (Phi) is 4.04. The molecular weight excluding hydrogens is 264 g/mol. The van der Waals surface area contributed by atoms with E-state index in [2.05, 4.69) is 17.2 Å². The van der Waals surface area contributed by atoms with E-state index < -0.39 is 0 Å². The van der Waals surface area contributed by atoms with Gasteiger partial charge in [-0.1, -0.05) is 32.6 Å². The van der Waals surface area contributed by atoms with Crippen LogP contribution in [0.25, 0.3) is 0 Å². The highest BCUT2D eigenvalue weighted by molar-refractivity contribution is 5.91. The number of phenolic OH excluding ortho intramolecular Hbond substituents is 1. The lowest BCUT2D eigenvalue weighted by atomic mass is 10.0. The number of benzene rings is 1. The summed E-state index contributed by atoms with van der Waals surface area (Å²) in [4.78, 5) is 4.18. The average molecular weight is 288 g/mol. The normalized spacial score (nSPS) is 26.7. The third-order valence-corrected chi connectivity index (χ3v) is 4.70. The van der Waals surface area contributed by atoms with E-state index in [-0.39, 0.29) is 17.7 Å². The standard InChI is InChI=1S/C17H24N2O2/c1-11-9-12(11)5-3-2-4-6-15-17(21)19-16-10-13(20)7-8-14(16)18-15/h7-8,10-12,15,18,20H,2-6,9H2,1H3,(H,19,21)/t11?,12-,15?/m1/s1. The van der Waals surface area contributed by atoms with E-state index >= 15 is 0 Å². The second kappa shape index (κ2) is 5.96. The van der Waals surface area contributed by atoms with E-state index in [9.17, 15) is 10.2 Å². The number of anilines is 1. The number of unbranched alkanes of at least 4 members (excludes halogenated alkanes) is 2. The van der Waals surface area contributed by atoms with Crippen LogP contribution in [0.1, 0.15) is 45.4 Å². The zero-order valence-corrected chi connectivity index (χ0v) is 12.5. The summed E-state index contributed by atoms with van der Waals surface area (Å²) in [5.74, 6) is 2.23. The van der Waals surface area contributed by atoms with Gasteiger partial charge in [0.2, 0.25) is 5.90 Å². The van der Waals surface area contributed by atoms with Crippen molar-refractivity contribution in [1.29, 1.82) is 0 Å². The van der Waals surface area contributed by atoms with Crippen molar-refractivity contribution in [2.45, 2.75) is 51.5 Å². The highest BCUT2D eigenvalue weighted by atomic mass is 16.3. The van der Waals surface area contributed by atoms with E-state index in [1.807, 2.05) is 6.07 Å². The van der Waals surface area contributed by atoms with Crippen molar-refractivity contribution in [2.75, 3.05) is 5.32 Å². The number of rotatable bonds is 6. The predicted molar refractivity (Wildman–Crippen MR) is 85.6 cm³/mol. The van der Waals surface area contributed by atoms with Crippen LogP contribution in [-0.4, -0.2) is 22.2 Å². The van der Waals surface area contributed by atoms with Crippen molar-refractivity contribution >= 4 is 17.3 Å². The number of nitrogens with one attached hydrogen (secondary N) is 1. The van der Waals surface area contributed by atoms with Crippen molar-refractivity contribution in [3.8, 4) is 5.75 Å². The molecule has 0 radical (unpaired) electrons. The quantitative estimate of drug-likeness (QED) is 0.537. The number of aromatic hydroxyl groups is 1. The molecule has 1 aromatic rings. The Hall–Kier alpha value is -1.71. The van der Waals surface area contributed by atoms with Gasteiger partial charge in [0.25, 0.3) is 0 Å². The molecule has 4 heteroatoms. The third kappa shape index (κ3) is 3.49. The van der Waals surface area contributed by atoms with Crippen LogP contribution in [0.15, 0.2) is 23.2 Å². The zero-order chi connectivity index (χ0) is 14.8. The molecule has 0 amide bonds. The molecule has 114 valence electrons. The lowest BCUT2D eigenvalue weighted by Gasteiger charge is -2.23. The van der Waals surface area contributed by atoms with Gasteiger partial charge >= 0.3 is 0 Å². The third-order valence-electron chi connectivity index (χ3n) is 4.70. The summed E-state index contributed by atoms with van der Waals surface area (Å²) in [5.41, 5.74) is 1.48. The highest BCUT2D eigenvalue weighted by Gasteiger charge is 2.31. The summed E-state index contributed by atoms with van der Waals surface area (Å²) in [5, 5.41) is 22.7. The first-order valence-corrected chi connectivity index (χ1v) is 8.00. The monoisotopic (exact) mass is 288 g/mol. The van der Waals surface area contributed by atoms with Crippen LogP contribution in [0.2, 0.25) is 0 Å². The Balaban J connectivity index is 1.45. The van der Waals surface area contributed by atoms with Crippen molar-refractivity contribution in [3.05, 3.63) is 18.2 Å². The van der Waals surface area contributed by atoms with Gasteiger partial charge in [0.15, 0.2) is 0 Å². The summed E-state index contributed by atoms with van der Waals surface area (Å²) >= 11 is 0. The van der Waals surface area contributed by atoms with E-state index in [4.69, 9.17) is 0 Å². The largest absolute Gasteiger partial charge is 0.508 e. The summed E-state index contributed by atoms with van der Waals surface area (Å²) < 4.78 is 0. The van der Waals surface area contributed by atoms with Gasteiger partial charge in [-0.15, -0.1) is 0 Å². The molecule has 0 bridgehead atoms. The molecule has 2 unspecified atom stereocenters. The van der Waals surface area contributed by atoms with Crippen LogP contribution < -0.4 is 5.32 Å². The van der Waals surface area contributed by atoms with Gasteiger partial charge < -0.3 is 15.5 Å². The molecule has 2 aliphatic rings. The molecule has 3 atom stereocenters. The molecule has 1 saturated carbocycles. The Morgan fingerprint density at radius 3 is 2.71 bits per heavy atom. The molecule has 1 aliphatic carbocycles. The summed E-state index contributed by atoms with van der Waals surface area (Å²) in [6.45, 7) is 2.33. The maximum atomic E-state index is 10.0. The fraction of sp³-hybridized carbons (Fsp3) is 0.588. The fourth-order valence-corrected chi connectivity index (χ4v) is 3.12. The van der Waals surface area contributed by atoms with E-state index in [0.717, 1.165) is 30.4 Å². The molecule has 21 heavy (non-hydrogen) atoms. The minimum Gasteiger partial charge on any atom is -0.508 e. The maximum absolute atomic E-state index is 10.0. The minimum absolute atomic E-state index is 0.0955. The Labute approximate surface area is 125 Å². The number of aliphatic imine (C=N–C) groups is 1. The van der Waals surface area contributed by atoms with Gasteiger partial charge in [0, 0.05) is 6.07 Å². The molecule has 1 fully saturated rings. The Morgan fingerprint density at radius 2 is 1.95 bits per heavy atom. The molecule has 1 aliphatic heterocycles. The lowest BCUT2D eigenvalue weighted by molar-refractivity contribution is 0.475. The molecule has 0 aromatic heterocycles. The highest BCUT2D eigenvalue weighted by Crippen LogP contribution is 2.41. The number of nitrogens with zero attached hydrogens (tertiary/aromatic N) is 1. The Bertz CT molecular complexity index is 542. The van der Waals surface area contributed by atoms with E-state index in [0.29, 0.717) is 5.69 Å². The topological polar surface area (TPSA) is 64.8 Å². The number of hydrogen-bond donors (Lipinski definition) is 3. The van der Waals surface area contributed by atoms with Gasteiger partial charge in [-0.3, -0.25) is 0 Å². The van der Waals surface area contributed by atoms with Crippen LogP contribution in [0.4, 0.5) is 11.4 Å². The van der Waals surface area contributed by atoms with Crippen LogP contribution in [-0.2, 0) is 0 Å². The van der Waals surface area contributed by atoms with Crippen molar-refractivity contribution < 1.29 is 10.2 Å². The van der Waals surface area contributed by atoms with Gasteiger partial charge in [0.05, 0.1) is 11.4 Å². The smallest absolute Gasteiger partial charge is 0.209 e. The number of aliphatic hydroxyl groups excluding tert-OH is 1. The molecule has 1 heterocycles. The molecule has 4 nitrogen and oxygen atoms in total. The predicted octanol–water partition coefficient (Wildman–Crippen LogP) is 4.38. The lowest BCUT2D eigenvalue weighted by Crippen LogP contribution is -2.31. The second-order valence-electron chi connectivity index (χ2n) is 6.48. The maximum Gasteiger partial charge on any atom is 0.209 e. The second-order valence-corrected chi connectivity index (χ2v) is 6.48. The average Bonchev–Trinajstić information content (AvgIpc) is 3.15. The zero-order valence-electron chi connectivity index (χ0n) is 12.5.